The molecule has 3 aliphatic rings. The third-order valence-electron chi connectivity index (χ3n) is 7.36. The Hall–Kier alpha value is -2.53. The van der Waals surface area contributed by atoms with E-state index in [1.165, 1.54) is 5.56 Å². The first-order valence-corrected chi connectivity index (χ1v) is 10.3. The second-order valence-electron chi connectivity index (χ2n) is 8.57. The van der Waals surface area contributed by atoms with Gasteiger partial charge in [-0.3, -0.25) is 4.79 Å². The number of rotatable bonds is 3. The van der Waals surface area contributed by atoms with E-state index in [1.807, 2.05) is 48.2 Å². The number of aliphatic hydroxyl groups is 1. The van der Waals surface area contributed by atoms with Crippen molar-refractivity contribution in [3.8, 4) is 11.5 Å². The molecule has 5 nitrogen and oxygen atoms in total. The average molecular weight is 393 g/mol. The lowest BCUT2D eigenvalue weighted by atomic mass is 9.70. The van der Waals surface area contributed by atoms with Crippen molar-refractivity contribution in [1.29, 1.82) is 0 Å². The van der Waals surface area contributed by atoms with Crippen molar-refractivity contribution in [3.63, 3.8) is 0 Å². The van der Waals surface area contributed by atoms with Gasteiger partial charge in [-0.2, -0.15) is 0 Å². The van der Waals surface area contributed by atoms with Crippen LogP contribution in [0.2, 0.25) is 0 Å². The van der Waals surface area contributed by atoms with E-state index in [1.54, 1.807) is 14.2 Å². The summed E-state index contributed by atoms with van der Waals surface area (Å²) in [6, 6.07) is 11.8. The van der Waals surface area contributed by atoms with Gasteiger partial charge in [-0.1, -0.05) is 36.2 Å². The second-order valence-corrected chi connectivity index (χ2v) is 8.57. The number of amides is 1. The lowest BCUT2D eigenvalue weighted by Gasteiger charge is -2.44. The molecule has 2 aliphatic heterocycles. The van der Waals surface area contributed by atoms with E-state index in [2.05, 4.69) is 0 Å². The van der Waals surface area contributed by atoms with Gasteiger partial charge in [0.1, 0.15) is 0 Å². The highest BCUT2D eigenvalue weighted by Crippen LogP contribution is 2.63. The molecule has 5 heteroatoms. The van der Waals surface area contributed by atoms with Crippen molar-refractivity contribution in [2.45, 2.75) is 43.7 Å². The largest absolute Gasteiger partial charge is 0.493 e. The van der Waals surface area contributed by atoms with E-state index in [0.29, 0.717) is 23.6 Å². The van der Waals surface area contributed by atoms with Crippen LogP contribution in [0.4, 0.5) is 0 Å². The molecule has 0 radical (unpaired) electrons. The zero-order valence-corrected chi connectivity index (χ0v) is 17.2. The fraction of sp³-hybridized carbons (Fsp3) is 0.458. The molecule has 0 unspecified atom stereocenters. The fourth-order valence-corrected chi connectivity index (χ4v) is 6.07. The predicted molar refractivity (Wildman–Crippen MR) is 109 cm³/mol. The summed E-state index contributed by atoms with van der Waals surface area (Å²) >= 11 is 0. The van der Waals surface area contributed by atoms with Crippen LogP contribution in [0, 0.1) is 12.8 Å². The number of nitrogens with zero attached hydrogens (tertiary/aromatic N) is 1. The summed E-state index contributed by atoms with van der Waals surface area (Å²) < 4.78 is 11.1. The van der Waals surface area contributed by atoms with Crippen LogP contribution in [0.15, 0.2) is 36.4 Å². The minimum atomic E-state index is -1.49. The molecule has 29 heavy (non-hydrogen) atoms. The standard InChI is InChI=1S/C24H27NO4/c1-15-6-8-17(9-7-15)24(27)21-5-4-11-23(21)18-14-20(29-3)19(28-2)13-16(18)10-12-25(23)22(24)26/h6-9,13-14,21,27H,4-5,10-12H2,1-3H3/t21-,23-,24+/m0/s1. The van der Waals surface area contributed by atoms with Crippen LogP contribution in [0.3, 0.4) is 0 Å². The third-order valence-corrected chi connectivity index (χ3v) is 7.36. The monoisotopic (exact) mass is 393 g/mol. The molecular formula is C24H27NO4. The first kappa shape index (κ1) is 18.5. The van der Waals surface area contributed by atoms with Crippen molar-refractivity contribution in [2.75, 3.05) is 20.8 Å². The molecule has 2 fully saturated rings. The topological polar surface area (TPSA) is 59.0 Å². The summed E-state index contributed by atoms with van der Waals surface area (Å²) in [6.07, 6.45) is 3.41. The molecule has 1 saturated heterocycles. The Morgan fingerprint density at radius 1 is 1.10 bits per heavy atom. The third kappa shape index (κ3) is 2.22. The summed E-state index contributed by atoms with van der Waals surface area (Å²) in [5.74, 6) is 1.05. The summed E-state index contributed by atoms with van der Waals surface area (Å²) in [4.78, 5) is 15.6. The van der Waals surface area contributed by atoms with E-state index in [-0.39, 0.29) is 11.8 Å². The molecule has 2 heterocycles. The van der Waals surface area contributed by atoms with Crippen LogP contribution in [-0.2, 0) is 22.4 Å². The van der Waals surface area contributed by atoms with E-state index < -0.39 is 11.1 Å². The maximum Gasteiger partial charge on any atom is 0.260 e. The zero-order valence-electron chi connectivity index (χ0n) is 17.2. The highest BCUT2D eigenvalue weighted by Gasteiger charge is 2.69. The van der Waals surface area contributed by atoms with Crippen LogP contribution in [0.25, 0.3) is 0 Å². The number of methoxy groups -OCH3 is 2. The normalized spacial score (nSPS) is 30.0. The second kappa shape index (κ2) is 6.23. The van der Waals surface area contributed by atoms with Crippen molar-refractivity contribution in [1.82, 2.24) is 4.90 Å². The van der Waals surface area contributed by atoms with Gasteiger partial charge in [-0.05, 0) is 55.0 Å². The molecule has 1 N–H and O–H groups in total. The van der Waals surface area contributed by atoms with Crippen molar-refractivity contribution < 1.29 is 19.4 Å². The Labute approximate surface area is 171 Å². The smallest absolute Gasteiger partial charge is 0.260 e. The van der Waals surface area contributed by atoms with Crippen LogP contribution in [-0.4, -0.2) is 36.7 Å². The lowest BCUT2D eigenvalue weighted by molar-refractivity contribution is -0.147. The Bertz CT molecular complexity index is 985. The van der Waals surface area contributed by atoms with Gasteiger partial charge in [0.25, 0.3) is 5.91 Å². The van der Waals surface area contributed by atoms with Gasteiger partial charge in [0.15, 0.2) is 17.1 Å². The zero-order chi connectivity index (χ0) is 20.4. The van der Waals surface area contributed by atoms with E-state index in [9.17, 15) is 9.90 Å². The predicted octanol–water partition coefficient (Wildman–Crippen LogP) is 3.29. The van der Waals surface area contributed by atoms with E-state index in [0.717, 1.165) is 36.8 Å². The Kier molecular flexibility index (Phi) is 3.97. The number of carbonyl (C=O) groups excluding carboxylic acids is 1. The lowest BCUT2D eigenvalue weighted by Crippen LogP contribution is -2.49. The van der Waals surface area contributed by atoms with Gasteiger partial charge >= 0.3 is 0 Å². The molecule has 5 rings (SSSR count). The number of benzene rings is 2. The van der Waals surface area contributed by atoms with Crippen molar-refractivity contribution >= 4 is 5.91 Å². The first-order chi connectivity index (χ1) is 14.0. The number of fused-ring (bicyclic) bond motifs is 1. The highest BCUT2D eigenvalue weighted by atomic mass is 16.5. The fourth-order valence-electron chi connectivity index (χ4n) is 6.07. The molecule has 2 aromatic rings. The van der Waals surface area contributed by atoms with Gasteiger partial charge in [0.05, 0.1) is 19.8 Å². The molecule has 152 valence electrons. The van der Waals surface area contributed by atoms with E-state index in [4.69, 9.17) is 9.47 Å². The number of hydrogen-bond donors (Lipinski definition) is 1. The van der Waals surface area contributed by atoms with E-state index >= 15 is 0 Å². The van der Waals surface area contributed by atoms with Gasteiger partial charge in [0, 0.05) is 12.5 Å². The van der Waals surface area contributed by atoms with Crippen LogP contribution in [0.1, 0.15) is 41.5 Å². The van der Waals surface area contributed by atoms with Crippen LogP contribution in [0.5, 0.6) is 11.5 Å². The molecule has 1 aliphatic carbocycles. The number of ether oxygens (including phenoxy) is 2. The van der Waals surface area contributed by atoms with Gasteiger partial charge < -0.3 is 19.5 Å². The summed E-state index contributed by atoms with van der Waals surface area (Å²) in [5, 5.41) is 11.9. The first-order valence-electron chi connectivity index (χ1n) is 10.3. The summed E-state index contributed by atoms with van der Waals surface area (Å²) in [5.41, 5.74) is 2.15. The maximum absolute atomic E-state index is 13.7. The molecule has 1 saturated carbocycles. The number of carbonyl (C=O) groups is 1. The van der Waals surface area contributed by atoms with Gasteiger partial charge in [-0.25, -0.2) is 0 Å². The minimum Gasteiger partial charge on any atom is -0.493 e. The van der Waals surface area contributed by atoms with Gasteiger partial charge in [0.2, 0.25) is 0 Å². The molecule has 1 amide bonds. The van der Waals surface area contributed by atoms with Gasteiger partial charge in [-0.15, -0.1) is 0 Å². The van der Waals surface area contributed by atoms with Crippen LogP contribution < -0.4 is 9.47 Å². The minimum absolute atomic E-state index is 0.161. The molecular weight excluding hydrogens is 366 g/mol. The Balaban J connectivity index is 1.72. The summed E-state index contributed by atoms with van der Waals surface area (Å²) in [6.45, 7) is 2.63. The number of aryl methyl sites for hydroxylation is 1. The molecule has 1 spiro atoms. The van der Waals surface area contributed by atoms with Crippen molar-refractivity contribution in [2.24, 2.45) is 5.92 Å². The molecule has 0 aromatic heterocycles. The average Bonchev–Trinajstić information content (AvgIpc) is 3.24. The Morgan fingerprint density at radius 3 is 2.48 bits per heavy atom. The SMILES string of the molecule is COc1cc2c(cc1OC)[C@@]13CCC[C@@H]1[C@](O)(c1ccc(C)cc1)C(=O)N3CC2. The molecule has 3 atom stereocenters. The highest BCUT2D eigenvalue weighted by molar-refractivity contribution is 5.91. The molecule has 0 bridgehead atoms. The Morgan fingerprint density at radius 2 is 1.79 bits per heavy atom. The molecule has 2 aromatic carbocycles. The summed E-state index contributed by atoms with van der Waals surface area (Å²) in [7, 11) is 3.28. The van der Waals surface area contributed by atoms with Crippen LogP contribution >= 0.6 is 0 Å². The number of hydrogen-bond acceptors (Lipinski definition) is 4. The van der Waals surface area contributed by atoms with Crippen molar-refractivity contribution in [3.05, 3.63) is 58.7 Å². The quantitative estimate of drug-likeness (QED) is 0.869. The maximum atomic E-state index is 13.7.